The Morgan fingerprint density at radius 3 is 2.81 bits per heavy atom. The largest absolute Gasteiger partial charge is 0.396 e. The number of hydrogen-bond acceptors (Lipinski definition) is 4. The average molecular weight is 428 g/mol. The zero-order valence-electron chi connectivity index (χ0n) is 14.5. The van der Waals surface area contributed by atoms with Crippen LogP contribution < -0.4 is 10.9 Å². The summed E-state index contributed by atoms with van der Waals surface area (Å²) < 4.78 is 2.48. The fourth-order valence-corrected chi connectivity index (χ4v) is 3.89. The molecule has 1 atom stereocenters. The highest BCUT2D eigenvalue weighted by Gasteiger charge is 2.32. The molecule has 6 nitrogen and oxygen atoms in total. The summed E-state index contributed by atoms with van der Waals surface area (Å²) in [4.78, 5) is 30.2. The number of aliphatic hydroxyl groups excluding tert-OH is 1. The summed E-state index contributed by atoms with van der Waals surface area (Å²) in [5.41, 5.74) is 2.16. The number of hydrogen-bond donors (Lipinski definition) is 2. The first-order valence-corrected chi connectivity index (χ1v) is 9.57. The standard InChI is InChI=1S/C20H18BrN3O3/c21-12-6-7-17-14(10-12)15(19(26)23-17)11-18-22-16-5-2-1-4-13(16)20(27)24(18)8-3-9-25/h1-2,4-7,10,15,25H,3,8-9,11H2,(H,23,26). The minimum Gasteiger partial charge on any atom is -0.396 e. The number of aliphatic hydroxyl groups is 1. The van der Waals surface area contributed by atoms with Gasteiger partial charge in [-0.3, -0.25) is 14.2 Å². The van der Waals surface area contributed by atoms with E-state index in [1.54, 1.807) is 22.8 Å². The quantitative estimate of drug-likeness (QED) is 0.655. The summed E-state index contributed by atoms with van der Waals surface area (Å²) in [5.74, 6) is 0.0466. The summed E-state index contributed by atoms with van der Waals surface area (Å²) in [6.45, 7) is 0.348. The zero-order valence-corrected chi connectivity index (χ0v) is 16.1. The van der Waals surface area contributed by atoms with Crippen molar-refractivity contribution >= 4 is 38.4 Å². The zero-order chi connectivity index (χ0) is 19.0. The van der Waals surface area contributed by atoms with Gasteiger partial charge >= 0.3 is 0 Å². The molecule has 27 heavy (non-hydrogen) atoms. The molecule has 3 aromatic rings. The molecule has 2 heterocycles. The molecule has 138 valence electrons. The van der Waals surface area contributed by atoms with E-state index >= 15 is 0 Å². The van der Waals surface area contributed by atoms with E-state index in [0.29, 0.717) is 36.1 Å². The fourth-order valence-electron chi connectivity index (χ4n) is 3.51. The number of carbonyl (C=O) groups is 1. The highest BCUT2D eigenvalue weighted by Crippen LogP contribution is 2.36. The number of amides is 1. The minimum atomic E-state index is -0.411. The number of carbonyl (C=O) groups excluding carboxylic acids is 1. The number of aromatic nitrogens is 2. The summed E-state index contributed by atoms with van der Waals surface area (Å²) in [7, 11) is 0. The first-order chi connectivity index (χ1) is 13.1. The summed E-state index contributed by atoms with van der Waals surface area (Å²) >= 11 is 3.45. The average Bonchev–Trinajstić information content (AvgIpc) is 2.96. The van der Waals surface area contributed by atoms with E-state index < -0.39 is 5.92 Å². The number of nitrogens with zero attached hydrogens (tertiary/aromatic N) is 2. The van der Waals surface area contributed by atoms with Crippen molar-refractivity contribution in [3.05, 3.63) is 68.7 Å². The van der Waals surface area contributed by atoms with E-state index in [1.807, 2.05) is 24.3 Å². The number of rotatable bonds is 5. The molecular formula is C20H18BrN3O3. The van der Waals surface area contributed by atoms with Crippen LogP contribution in [0.2, 0.25) is 0 Å². The first kappa shape index (κ1) is 17.9. The van der Waals surface area contributed by atoms with Crippen molar-refractivity contribution in [3.8, 4) is 0 Å². The molecule has 1 aliphatic heterocycles. The van der Waals surface area contributed by atoms with E-state index in [2.05, 4.69) is 26.2 Å². The van der Waals surface area contributed by atoms with Crippen LogP contribution in [-0.4, -0.2) is 27.2 Å². The fraction of sp³-hybridized carbons (Fsp3) is 0.250. The molecule has 1 aliphatic rings. The van der Waals surface area contributed by atoms with Crippen LogP contribution in [0, 0.1) is 0 Å². The number of anilines is 1. The van der Waals surface area contributed by atoms with Gasteiger partial charge in [-0.2, -0.15) is 0 Å². The lowest BCUT2D eigenvalue weighted by molar-refractivity contribution is -0.117. The van der Waals surface area contributed by atoms with E-state index in [9.17, 15) is 14.7 Å². The Kier molecular flexibility index (Phi) is 4.80. The molecular weight excluding hydrogens is 410 g/mol. The lowest BCUT2D eigenvalue weighted by atomic mass is 9.96. The predicted octanol–water partition coefficient (Wildman–Crippen LogP) is 2.82. The Labute approximate surface area is 164 Å². The van der Waals surface area contributed by atoms with Gasteiger partial charge in [-0.15, -0.1) is 0 Å². The van der Waals surface area contributed by atoms with Gasteiger partial charge in [-0.1, -0.05) is 28.1 Å². The Balaban J connectivity index is 1.81. The second-order valence-corrected chi connectivity index (χ2v) is 7.47. The van der Waals surface area contributed by atoms with Gasteiger partial charge in [0.25, 0.3) is 5.56 Å². The Morgan fingerprint density at radius 2 is 2.00 bits per heavy atom. The number of benzene rings is 2. The van der Waals surface area contributed by atoms with Crippen LogP contribution in [0.4, 0.5) is 5.69 Å². The van der Waals surface area contributed by atoms with Crippen LogP contribution in [0.25, 0.3) is 10.9 Å². The van der Waals surface area contributed by atoms with Crippen LogP contribution >= 0.6 is 15.9 Å². The summed E-state index contributed by atoms with van der Waals surface area (Å²) in [5, 5.41) is 12.6. The van der Waals surface area contributed by atoms with Crippen molar-refractivity contribution in [3.63, 3.8) is 0 Å². The van der Waals surface area contributed by atoms with Gasteiger partial charge in [0, 0.05) is 29.7 Å². The van der Waals surface area contributed by atoms with Crippen LogP contribution in [0.15, 0.2) is 51.7 Å². The monoisotopic (exact) mass is 427 g/mol. The lowest BCUT2D eigenvalue weighted by Crippen LogP contribution is -2.28. The molecule has 7 heteroatoms. The van der Waals surface area contributed by atoms with E-state index in [4.69, 9.17) is 0 Å². The van der Waals surface area contributed by atoms with Crippen LogP contribution in [0.1, 0.15) is 23.7 Å². The second kappa shape index (κ2) is 7.25. The first-order valence-electron chi connectivity index (χ1n) is 8.78. The van der Waals surface area contributed by atoms with Crippen LogP contribution in [0.3, 0.4) is 0 Å². The van der Waals surface area contributed by atoms with Crippen molar-refractivity contribution < 1.29 is 9.90 Å². The van der Waals surface area contributed by atoms with Crippen molar-refractivity contribution in [1.82, 2.24) is 9.55 Å². The Hall–Kier alpha value is -2.51. The molecule has 0 radical (unpaired) electrons. The van der Waals surface area contributed by atoms with Gasteiger partial charge in [-0.25, -0.2) is 4.98 Å². The van der Waals surface area contributed by atoms with Gasteiger partial charge in [-0.05, 0) is 42.3 Å². The van der Waals surface area contributed by atoms with Crippen molar-refractivity contribution in [2.45, 2.75) is 25.3 Å². The van der Waals surface area contributed by atoms with Crippen molar-refractivity contribution in [1.29, 1.82) is 0 Å². The third kappa shape index (κ3) is 3.28. The molecule has 2 aromatic carbocycles. The lowest BCUT2D eigenvalue weighted by Gasteiger charge is -2.16. The van der Waals surface area contributed by atoms with E-state index in [0.717, 1.165) is 15.7 Å². The maximum absolute atomic E-state index is 12.9. The number of fused-ring (bicyclic) bond motifs is 2. The van der Waals surface area contributed by atoms with Crippen molar-refractivity contribution in [2.75, 3.05) is 11.9 Å². The molecule has 4 rings (SSSR count). The molecule has 2 N–H and O–H groups in total. The molecule has 0 saturated heterocycles. The normalized spacial score (nSPS) is 15.8. The highest BCUT2D eigenvalue weighted by atomic mass is 79.9. The Morgan fingerprint density at radius 1 is 1.19 bits per heavy atom. The van der Waals surface area contributed by atoms with Gasteiger partial charge in [0.2, 0.25) is 5.91 Å². The molecule has 1 aromatic heterocycles. The SMILES string of the molecule is O=C1Nc2ccc(Br)cc2C1Cc1nc2ccccc2c(=O)n1CCCO. The van der Waals surface area contributed by atoms with Gasteiger partial charge in [0.1, 0.15) is 5.82 Å². The highest BCUT2D eigenvalue weighted by molar-refractivity contribution is 9.10. The smallest absolute Gasteiger partial charge is 0.261 e. The number of para-hydroxylation sites is 1. The van der Waals surface area contributed by atoms with Gasteiger partial charge < -0.3 is 10.4 Å². The molecule has 0 aliphatic carbocycles. The van der Waals surface area contributed by atoms with Crippen LogP contribution in [0.5, 0.6) is 0 Å². The van der Waals surface area contributed by atoms with E-state index in [1.165, 1.54) is 0 Å². The summed E-state index contributed by atoms with van der Waals surface area (Å²) in [6, 6.07) is 12.9. The van der Waals surface area contributed by atoms with Crippen molar-refractivity contribution in [2.24, 2.45) is 0 Å². The third-order valence-electron chi connectivity index (χ3n) is 4.83. The maximum Gasteiger partial charge on any atom is 0.261 e. The third-order valence-corrected chi connectivity index (χ3v) is 5.32. The second-order valence-electron chi connectivity index (χ2n) is 6.56. The maximum atomic E-state index is 12.9. The predicted molar refractivity (Wildman–Crippen MR) is 107 cm³/mol. The molecule has 0 saturated carbocycles. The molecule has 1 unspecified atom stereocenters. The van der Waals surface area contributed by atoms with Gasteiger partial charge in [0.15, 0.2) is 0 Å². The summed E-state index contributed by atoms with van der Waals surface area (Å²) in [6.07, 6.45) is 0.771. The Bertz CT molecular complexity index is 1090. The number of nitrogens with one attached hydrogen (secondary N) is 1. The van der Waals surface area contributed by atoms with E-state index in [-0.39, 0.29) is 18.1 Å². The molecule has 0 bridgehead atoms. The van der Waals surface area contributed by atoms with Crippen LogP contribution in [-0.2, 0) is 17.8 Å². The topological polar surface area (TPSA) is 84.2 Å². The van der Waals surface area contributed by atoms with Gasteiger partial charge in [0.05, 0.1) is 16.8 Å². The number of halogens is 1. The molecule has 0 spiro atoms. The molecule has 1 amide bonds. The molecule has 0 fully saturated rings. The minimum absolute atomic E-state index is 0.0155.